The molecule has 1 aromatic carbocycles. The summed E-state index contributed by atoms with van der Waals surface area (Å²) < 4.78 is 8.88. The number of carbonyl (C=O) groups is 1. The maximum Gasteiger partial charge on any atom is 0.339 e. The van der Waals surface area contributed by atoms with Crippen molar-refractivity contribution in [3.63, 3.8) is 0 Å². The van der Waals surface area contributed by atoms with Gasteiger partial charge in [0, 0.05) is 20.0 Å². The molecule has 2 aromatic heterocycles. The van der Waals surface area contributed by atoms with Gasteiger partial charge in [0.25, 0.3) is 5.56 Å². The highest BCUT2D eigenvalue weighted by molar-refractivity contribution is 6.17. The van der Waals surface area contributed by atoms with Crippen LogP contribution in [0, 0.1) is 0 Å². The van der Waals surface area contributed by atoms with Gasteiger partial charge in [-0.15, -0.1) is 11.6 Å². The molecule has 8 nitrogen and oxygen atoms in total. The van der Waals surface area contributed by atoms with E-state index in [1.54, 1.807) is 24.3 Å². The zero-order chi connectivity index (χ0) is 18.1. The normalized spacial score (nSPS) is 11.0. The van der Waals surface area contributed by atoms with E-state index in [-0.39, 0.29) is 23.8 Å². The third-order valence-corrected chi connectivity index (χ3v) is 4.18. The summed E-state index contributed by atoms with van der Waals surface area (Å²) in [6, 6.07) is 6.78. The third-order valence-electron chi connectivity index (χ3n) is 3.87. The minimum absolute atomic E-state index is 0.187. The number of alkyl halides is 1. The average Bonchev–Trinajstić information content (AvgIpc) is 3.06. The van der Waals surface area contributed by atoms with Crippen molar-refractivity contribution in [2.24, 2.45) is 14.1 Å². The summed E-state index contributed by atoms with van der Waals surface area (Å²) in [5.41, 5.74) is 0.601. The molecule has 0 aliphatic carbocycles. The standard InChI is InChI=1S/C16H15ClN4O4/c1-19-13-12(14(22)20(2)16(19)24)21(8-18-13)9-25-15(23)11-5-3-4-10(6-11)7-17/h3-6,8H,7,9H2,1-2H3. The number of benzene rings is 1. The van der Waals surface area contributed by atoms with Crippen LogP contribution in [0.5, 0.6) is 0 Å². The van der Waals surface area contributed by atoms with Crippen LogP contribution in [0.15, 0.2) is 40.2 Å². The zero-order valence-corrected chi connectivity index (χ0v) is 14.4. The van der Waals surface area contributed by atoms with Crippen molar-refractivity contribution in [3.8, 4) is 0 Å². The molecule has 0 amide bonds. The van der Waals surface area contributed by atoms with Crippen LogP contribution in [0.4, 0.5) is 0 Å². The van der Waals surface area contributed by atoms with Gasteiger partial charge in [0.2, 0.25) is 0 Å². The van der Waals surface area contributed by atoms with Crippen molar-refractivity contribution < 1.29 is 9.53 Å². The van der Waals surface area contributed by atoms with Gasteiger partial charge in [0.15, 0.2) is 17.9 Å². The van der Waals surface area contributed by atoms with Gasteiger partial charge >= 0.3 is 11.7 Å². The van der Waals surface area contributed by atoms with E-state index in [0.717, 1.165) is 10.1 Å². The summed E-state index contributed by atoms with van der Waals surface area (Å²) in [6.07, 6.45) is 1.36. The number of rotatable bonds is 4. The number of ether oxygens (including phenoxy) is 1. The third kappa shape index (κ3) is 2.96. The lowest BCUT2D eigenvalue weighted by Gasteiger charge is -2.08. The summed E-state index contributed by atoms with van der Waals surface area (Å²) in [7, 11) is 2.90. The molecule has 0 bridgehead atoms. The maximum atomic E-state index is 12.3. The van der Waals surface area contributed by atoms with Crippen molar-refractivity contribution >= 4 is 28.7 Å². The first-order valence-electron chi connectivity index (χ1n) is 7.37. The molecule has 0 saturated heterocycles. The predicted octanol–water partition coefficient (Wildman–Crippen LogP) is 0.987. The van der Waals surface area contributed by atoms with Gasteiger partial charge < -0.3 is 4.74 Å². The Hall–Kier alpha value is -2.87. The van der Waals surface area contributed by atoms with Gasteiger partial charge in [-0.25, -0.2) is 14.6 Å². The molecule has 0 unspecified atom stereocenters. The van der Waals surface area contributed by atoms with Crippen LogP contribution >= 0.6 is 11.6 Å². The van der Waals surface area contributed by atoms with E-state index in [4.69, 9.17) is 16.3 Å². The Labute approximate surface area is 146 Å². The van der Waals surface area contributed by atoms with Crippen LogP contribution in [0.1, 0.15) is 15.9 Å². The number of halogens is 1. The highest BCUT2D eigenvalue weighted by atomic mass is 35.5. The molecule has 0 spiro atoms. The quantitative estimate of drug-likeness (QED) is 0.510. The Morgan fingerprint density at radius 3 is 2.72 bits per heavy atom. The van der Waals surface area contributed by atoms with Crippen LogP contribution in [0.2, 0.25) is 0 Å². The average molecular weight is 363 g/mol. The molecule has 130 valence electrons. The lowest BCUT2D eigenvalue weighted by molar-refractivity contribution is 0.0378. The molecule has 9 heteroatoms. The topological polar surface area (TPSA) is 88.1 Å². The Bertz CT molecular complexity index is 1080. The van der Waals surface area contributed by atoms with Crippen LogP contribution in [0.25, 0.3) is 11.2 Å². The number of hydrogen-bond acceptors (Lipinski definition) is 5. The Kier molecular flexibility index (Phi) is 4.45. The lowest BCUT2D eigenvalue weighted by atomic mass is 10.1. The van der Waals surface area contributed by atoms with Gasteiger partial charge in [-0.05, 0) is 17.7 Å². The molecule has 0 radical (unpaired) electrons. The van der Waals surface area contributed by atoms with Crippen molar-refractivity contribution in [1.82, 2.24) is 18.7 Å². The van der Waals surface area contributed by atoms with Crippen molar-refractivity contribution in [1.29, 1.82) is 0 Å². The van der Waals surface area contributed by atoms with Crippen molar-refractivity contribution in [2.45, 2.75) is 12.6 Å². The van der Waals surface area contributed by atoms with E-state index >= 15 is 0 Å². The van der Waals surface area contributed by atoms with Crippen LogP contribution in [-0.4, -0.2) is 24.7 Å². The number of fused-ring (bicyclic) bond motifs is 1. The van der Waals surface area contributed by atoms with Crippen LogP contribution < -0.4 is 11.2 Å². The molecule has 3 aromatic rings. The minimum Gasteiger partial charge on any atom is -0.440 e. The van der Waals surface area contributed by atoms with Gasteiger partial charge in [0.1, 0.15) is 6.33 Å². The summed E-state index contributed by atoms with van der Waals surface area (Å²) in [4.78, 5) is 40.5. The SMILES string of the molecule is Cn1c(=O)c2c(ncn2COC(=O)c2cccc(CCl)c2)n(C)c1=O. The van der Waals surface area contributed by atoms with Gasteiger partial charge in [0.05, 0.1) is 5.56 Å². The smallest absolute Gasteiger partial charge is 0.339 e. The largest absolute Gasteiger partial charge is 0.440 e. The first-order valence-corrected chi connectivity index (χ1v) is 7.90. The van der Waals surface area contributed by atoms with E-state index in [1.165, 1.54) is 29.6 Å². The summed E-state index contributed by atoms with van der Waals surface area (Å²) in [5.74, 6) is -0.257. The minimum atomic E-state index is -0.546. The van der Waals surface area contributed by atoms with E-state index < -0.39 is 17.2 Å². The number of carbonyl (C=O) groups excluding carboxylic acids is 1. The zero-order valence-electron chi connectivity index (χ0n) is 13.6. The molecule has 3 rings (SSSR count). The van der Waals surface area contributed by atoms with E-state index in [1.807, 2.05) is 0 Å². The van der Waals surface area contributed by atoms with Gasteiger partial charge in [-0.2, -0.15) is 0 Å². The number of esters is 1. The molecule has 0 saturated carbocycles. The summed E-state index contributed by atoms with van der Waals surface area (Å²) in [6.45, 7) is -0.201. The number of nitrogens with zero attached hydrogens (tertiary/aromatic N) is 4. The Morgan fingerprint density at radius 1 is 1.24 bits per heavy atom. The first kappa shape index (κ1) is 17.0. The highest BCUT2D eigenvalue weighted by Gasteiger charge is 2.15. The Balaban J connectivity index is 1.90. The number of aryl methyl sites for hydroxylation is 1. The van der Waals surface area contributed by atoms with E-state index in [0.29, 0.717) is 5.56 Å². The van der Waals surface area contributed by atoms with Gasteiger partial charge in [-0.1, -0.05) is 12.1 Å². The number of hydrogen-bond donors (Lipinski definition) is 0. The molecule has 2 heterocycles. The second-order valence-electron chi connectivity index (χ2n) is 5.49. The maximum absolute atomic E-state index is 12.3. The fourth-order valence-corrected chi connectivity index (χ4v) is 2.65. The van der Waals surface area contributed by atoms with E-state index in [2.05, 4.69) is 4.98 Å². The second kappa shape index (κ2) is 6.56. The number of aromatic nitrogens is 4. The second-order valence-corrected chi connectivity index (χ2v) is 5.75. The molecule has 0 atom stereocenters. The van der Waals surface area contributed by atoms with Crippen molar-refractivity contribution in [3.05, 3.63) is 62.6 Å². The van der Waals surface area contributed by atoms with E-state index in [9.17, 15) is 14.4 Å². The van der Waals surface area contributed by atoms with Gasteiger partial charge in [-0.3, -0.25) is 18.5 Å². The Morgan fingerprint density at radius 2 is 2.00 bits per heavy atom. The molecule has 0 aliphatic heterocycles. The molecular formula is C16H15ClN4O4. The predicted molar refractivity (Wildman–Crippen MR) is 91.6 cm³/mol. The molecular weight excluding hydrogens is 348 g/mol. The molecule has 0 fully saturated rings. The van der Waals surface area contributed by atoms with Crippen LogP contribution in [-0.2, 0) is 31.4 Å². The summed E-state index contributed by atoms with van der Waals surface area (Å²) in [5, 5.41) is 0. The fourth-order valence-electron chi connectivity index (χ4n) is 2.49. The lowest BCUT2D eigenvalue weighted by Crippen LogP contribution is -2.37. The summed E-state index contributed by atoms with van der Waals surface area (Å²) >= 11 is 5.76. The molecule has 0 N–H and O–H groups in total. The van der Waals surface area contributed by atoms with Crippen LogP contribution in [0.3, 0.4) is 0 Å². The monoisotopic (exact) mass is 362 g/mol. The first-order chi connectivity index (χ1) is 11.9. The fraction of sp³-hybridized carbons (Fsp3) is 0.250. The molecule has 0 aliphatic rings. The van der Waals surface area contributed by atoms with Crippen molar-refractivity contribution in [2.75, 3.05) is 0 Å². The highest BCUT2D eigenvalue weighted by Crippen LogP contribution is 2.11. The molecule has 25 heavy (non-hydrogen) atoms. The number of imidazole rings is 1.